The van der Waals surface area contributed by atoms with Gasteiger partial charge < -0.3 is 14.9 Å². The van der Waals surface area contributed by atoms with Crippen molar-refractivity contribution in [2.45, 2.75) is 37.9 Å². The van der Waals surface area contributed by atoms with Crippen LogP contribution in [0, 0.1) is 0 Å². The van der Waals surface area contributed by atoms with E-state index in [9.17, 15) is 18.0 Å². The Balaban J connectivity index is 0.00000277. The first-order valence-corrected chi connectivity index (χ1v) is 9.27. The minimum atomic E-state index is -3.69. The van der Waals surface area contributed by atoms with E-state index in [1.165, 1.54) is 20.8 Å². The molecule has 25 heavy (non-hydrogen) atoms. The molecule has 142 valence electrons. The van der Waals surface area contributed by atoms with Crippen LogP contribution in [0.1, 0.15) is 38.7 Å². The van der Waals surface area contributed by atoms with Gasteiger partial charge in [-0.2, -0.15) is 0 Å². The summed E-state index contributed by atoms with van der Waals surface area (Å²) in [5.74, 6) is -2.60. The van der Waals surface area contributed by atoms with Gasteiger partial charge in [0, 0.05) is 20.0 Å². The number of aliphatic carboxylic acids is 1. The Morgan fingerprint density at radius 2 is 1.68 bits per heavy atom. The second kappa shape index (κ2) is 10.1. The summed E-state index contributed by atoms with van der Waals surface area (Å²) in [6, 6.07) is 8.67. The number of aliphatic hydroxyl groups excluding tert-OH is 1. The second-order valence-electron chi connectivity index (χ2n) is 6.03. The first-order valence-electron chi connectivity index (χ1n) is 7.62. The van der Waals surface area contributed by atoms with Gasteiger partial charge in [0.05, 0.1) is 12.2 Å². The fourth-order valence-corrected chi connectivity index (χ4v) is 3.59. The molecule has 0 heterocycles. The molecule has 0 fully saturated rings. The molecule has 0 aliphatic heterocycles. The van der Waals surface area contributed by atoms with Gasteiger partial charge >= 0.3 is 11.9 Å². The van der Waals surface area contributed by atoms with E-state index < -0.39 is 32.4 Å². The zero-order chi connectivity index (χ0) is 19.7. The minimum Gasteiger partial charge on any atom is -0.481 e. The lowest BCUT2D eigenvalue weighted by molar-refractivity contribution is -0.141. The average molecular weight is 374 g/mol. The summed E-state index contributed by atoms with van der Waals surface area (Å²) in [5.41, 5.74) is 0.654. The van der Waals surface area contributed by atoms with Crippen LogP contribution in [-0.4, -0.2) is 54.8 Å². The number of carbonyl (C=O) groups excluding carboxylic acids is 1. The Labute approximate surface area is 148 Å². The molecule has 8 heteroatoms. The Morgan fingerprint density at radius 3 is 2.12 bits per heavy atom. The van der Waals surface area contributed by atoms with Gasteiger partial charge in [-0.15, -0.1) is 0 Å². The third kappa shape index (κ3) is 7.66. The van der Waals surface area contributed by atoms with Crippen molar-refractivity contribution in [3.8, 4) is 0 Å². The largest absolute Gasteiger partial charge is 0.481 e. The Hall–Kier alpha value is -1.93. The third-order valence-electron chi connectivity index (χ3n) is 3.58. The second-order valence-corrected chi connectivity index (χ2v) is 8.69. The van der Waals surface area contributed by atoms with E-state index in [0.29, 0.717) is 5.56 Å². The number of esters is 1. The third-order valence-corrected chi connectivity index (χ3v) is 6.22. The number of carboxylic acid groups (broad SMARTS) is 1. The van der Waals surface area contributed by atoms with Crippen LogP contribution in [-0.2, 0) is 24.2 Å². The maximum atomic E-state index is 12.6. The van der Waals surface area contributed by atoms with Gasteiger partial charge in [0.25, 0.3) is 0 Å². The van der Waals surface area contributed by atoms with Crippen molar-refractivity contribution in [2.75, 3.05) is 19.5 Å². The summed E-state index contributed by atoms with van der Waals surface area (Å²) >= 11 is 0. The van der Waals surface area contributed by atoms with E-state index in [4.69, 9.17) is 14.9 Å². The maximum Gasteiger partial charge on any atom is 0.303 e. The lowest BCUT2D eigenvalue weighted by Crippen LogP contribution is -2.40. The van der Waals surface area contributed by atoms with E-state index in [1.807, 2.05) is 0 Å². The summed E-state index contributed by atoms with van der Waals surface area (Å²) in [6.45, 7) is 3.88. The highest BCUT2D eigenvalue weighted by molar-refractivity contribution is 7.92. The van der Waals surface area contributed by atoms with Crippen LogP contribution >= 0.6 is 0 Å². The maximum absolute atomic E-state index is 12.6. The predicted octanol–water partition coefficient (Wildman–Crippen LogP) is 1.61. The normalized spacial score (nSPS) is 12.5. The zero-order valence-electron chi connectivity index (χ0n) is 14.9. The van der Waals surface area contributed by atoms with Crippen molar-refractivity contribution >= 4 is 21.8 Å². The Bertz CT molecular complexity index is 651. The van der Waals surface area contributed by atoms with Gasteiger partial charge in [0.1, 0.15) is 11.4 Å². The van der Waals surface area contributed by atoms with E-state index in [-0.39, 0.29) is 18.8 Å². The van der Waals surface area contributed by atoms with Gasteiger partial charge in [-0.1, -0.05) is 30.3 Å². The van der Waals surface area contributed by atoms with Crippen LogP contribution < -0.4 is 0 Å². The first kappa shape index (κ1) is 23.1. The summed E-state index contributed by atoms with van der Waals surface area (Å²) in [4.78, 5) is 22.0. The van der Waals surface area contributed by atoms with Crippen molar-refractivity contribution in [3.63, 3.8) is 0 Å². The number of carbonyl (C=O) groups is 2. The smallest absolute Gasteiger partial charge is 0.303 e. The van der Waals surface area contributed by atoms with Crippen LogP contribution in [0.15, 0.2) is 30.3 Å². The summed E-state index contributed by atoms with van der Waals surface area (Å²) in [6.07, 6.45) is -0.285. The molecule has 0 saturated carbocycles. The number of benzene rings is 1. The van der Waals surface area contributed by atoms with E-state index in [1.54, 1.807) is 30.3 Å². The molecule has 1 rings (SSSR count). The molecule has 0 aliphatic rings. The monoisotopic (exact) mass is 374 g/mol. The molecule has 1 aromatic carbocycles. The highest BCUT2D eigenvalue weighted by atomic mass is 32.2. The van der Waals surface area contributed by atoms with Crippen LogP contribution in [0.25, 0.3) is 0 Å². The summed E-state index contributed by atoms with van der Waals surface area (Å²) < 4.78 is 28.8. The quantitative estimate of drug-likeness (QED) is 0.664. The molecule has 1 unspecified atom stereocenters. The molecule has 0 aromatic heterocycles. The number of hydrogen-bond donors (Lipinski definition) is 2. The lowest BCUT2D eigenvalue weighted by atomic mass is 9.98. The molecule has 0 spiro atoms. The zero-order valence-corrected chi connectivity index (χ0v) is 15.7. The van der Waals surface area contributed by atoms with Gasteiger partial charge in [-0.05, 0) is 19.4 Å². The predicted molar refractivity (Wildman–Crippen MR) is 94.1 cm³/mol. The SMILES string of the molecule is CC(=O)OCC(C)(C)S(=O)(=O)CC(CC(=O)O)c1ccccc1.CO. The standard InChI is InChI=1S/C16H22O6S.CH4O/c1-12(17)22-11-16(2,3)23(20,21)10-14(9-15(18)19)13-7-5-4-6-8-13;1-2/h4-8,14H,9-11H2,1-3H3,(H,18,19);2H,1H3. The Morgan fingerprint density at radius 1 is 1.16 bits per heavy atom. The topological polar surface area (TPSA) is 118 Å². The van der Waals surface area contributed by atoms with Crippen molar-refractivity contribution in [3.05, 3.63) is 35.9 Å². The van der Waals surface area contributed by atoms with Crippen molar-refractivity contribution in [1.82, 2.24) is 0 Å². The number of hydrogen-bond acceptors (Lipinski definition) is 6. The minimum absolute atomic E-state index is 0.265. The number of rotatable bonds is 8. The van der Waals surface area contributed by atoms with Gasteiger partial charge in [0.2, 0.25) is 0 Å². The molecule has 1 atom stereocenters. The molecule has 1 aromatic rings. The summed E-state index contributed by atoms with van der Waals surface area (Å²) in [7, 11) is -2.69. The van der Waals surface area contributed by atoms with Crippen LogP contribution in [0.4, 0.5) is 0 Å². The van der Waals surface area contributed by atoms with E-state index in [2.05, 4.69) is 0 Å². The van der Waals surface area contributed by atoms with Crippen LogP contribution in [0.2, 0.25) is 0 Å². The van der Waals surface area contributed by atoms with Crippen molar-refractivity contribution in [2.24, 2.45) is 0 Å². The van der Waals surface area contributed by atoms with Crippen LogP contribution in [0.3, 0.4) is 0 Å². The van der Waals surface area contributed by atoms with Gasteiger partial charge in [0.15, 0.2) is 9.84 Å². The first-order chi connectivity index (χ1) is 11.5. The molecule has 7 nitrogen and oxygen atoms in total. The average Bonchev–Trinajstić information content (AvgIpc) is 2.54. The molecule has 2 N–H and O–H groups in total. The molecule has 0 aliphatic carbocycles. The van der Waals surface area contributed by atoms with Gasteiger partial charge in [-0.3, -0.25) is 9.59 Å². The number of carboxylic acids is 1. The molecule has 0 bridgehead atoms. The van der Waals surface area contributed by atoms with Crippen LogP contribution in [0.5, 0.6) is 0 Å². The van der Waals surface area contributed by atoms with E-state index >= 15 is 0 Å². The number of sulfone groups is 1. The fourth-order valence-electron chi connectivity index (χ4n) is 2.06. The van der Waals surface area contributed by atoms with E-state index in [0.717, 1.165) is 7.11 Å². The number of ether oxygens (including phenoxy) is 1. The fraction of sp³-hybridized carbons (Fsp3) is 0.529. The summed E-state index contributed by atoms with van der Waals surface area (Å²) in [5, 5.41) is 16.1. The molecule has 0 saturated heterocycles. The highest BCUT2D eigenvalue weighted by Gasteiger charge is 2.38. The molecule has 0 amide bonds. The molecular formula is C17H26O7S. The molecular weight excluding hydrogens is 348 g/mol. The number of aliphatic hydroxyl groups is 1. The highest BCUT2D eigenvalue weighted by Crippen LogP contribution is 2.27. The lowest BCUT2D eigenvalue weighted by Gasteiger charge is -2.26. The van der Waals surface area contributed by atoms with Gasteiger partial charge in [-0.25, -0.2) is 8.42 Å². The van der Waals surface area contributed by atoms with Crippen molar-refractivity contribution < 1.29 is 33.0 Å². The molecule has 0 radical (unpaired) electrons. The van der Waals surface area contributed by atoms with Crippen molar-refractivity contribution in [1.29, 1.82) is 0 Å². The Kier molecular flexibility index (Phi) is 9.37.